The zero-order valence-corrected chi connectivity index (χ0v) is 12.0. The SMILES string of the molecule is CSC1(CNc2nc(Cl)ncc2F)CCCCC1. The van der Waals surface area contributed by atoms with Crippen LogP contribution in [-0.2, 0) is 0 Å². The molecule has 1 aliphatic carbocycles. The molecular formula is C12H17ClFN3S. The normalized spacial score (nSPS) is 18.6. The van der Waals surface area contributed by atoms with Crippen molar-refractivity contribution < 1.29 is 4.39 Å². The van der Waals surface area contributed by atoms with E-state index in [2.05, 4.69) is 21.5 Å². The molecular weight excluding hydrogens is 273 g/mol. The monoisotopic (exact) mass is 289 g/mol. The highest BCUT2D eigenvalue weighted by Gasteiger charge is 2.31. The fourth-order valence-electron chi connectivity index (χ4n) is 2.36. The summed E-state index contributed by atoms with van der Waals surface area (Å²) in [5.74, 6) is -0.250. The Balaban J connectivity index is 2.03. The predicted molar refractivity (Wildman–Crippen MR) is 74.8 cm³/mol. The van der Waals surface area contributed by atoms with Crippen molar-refractivity contribution in [3.63, 3.8) is 0 Å². The minimum Gasteiger partial charge on any atom is -0.366 e. The number of anilines is 1. The van der Waals surface area contributed by atoms with Crippen LogP contribution in [0.4, 0.5) is 10.2 Å². The molecule has 2 rings (SSSR count). The Morgan fingerprint density at radius 1 is 1.44 bits per heavy atom. The van der Waals surface area contributed by atoms with Gasteiger partial charge < -0.3 is 5.32 Å². The highest BCUT2D eigenvalue weighted by atomic mass is 35.5. The molecule has 0 spiro atoms. The third-order valence-electron chi connectivity index (χ3n) is 3.49. The van der Waals surface area contributed by atoms with Gasteiger partial charge in [0.15, 0.2) is 11.6 Å². The maximum atomic E-state index is 13.5. The summed E-state index contributed by atoms with van der Waals surface area (Å²) in [4.78, 5) is 7.49. The van der Waals surface area contributed by atoms with Gasteiger partial charge in [-0.2, -0.15) is 16.7 Å². The van der Waals surface area contributed by atoms with Gasteiger partial charge in [0.25, 0.3) is 0 Å². The van der Waals surface area contributed by atoms with E-state index in [0.717, 1.165) is 12.7 Å². The van der Waals surface area contributed by atoms with E-state index in [4.69, 9.17) is 11.6 Å². The summed E-state index contributed by atoms with van der Waals surface area (Å²) in [5, 5.41) is 3.15. The molecule has 0 atom stereocenters. The summed E-state index contributed by atoms with van der Waals surface area (Å²) < 4.78 is 13.7. The molecule has 0 unspecified atom stereocenters. The molecule has 100 valence electrons. The zero-order valence-electron chi connectivity index (χ0n) is 10.4. The van der Waals surface area contributed by atoms with Crippen molar-refractivity contribution in [3.8, 4) is 0 Å². The molecule has 1 saturated carbocycles. The number of rotatable bonds is 4. The second-order valence-corrected chi connectivity index (χ2v) is 6.25. The number of aromatic nitrogens is 2. The Labute approximate surface area is 116 Å². The van der Waals surface area contributed by atoms with E-state index in [1.807, 2.05) is 11.8 Å². The summed E-state index contributed by atoms with van der Waals surface area (Å²) in [7, 11) is 0. The number of halogens is 2. The van der Waals surface area contributed by atoms with Gasteiger partial charge >= 0.3 is 0 Å². The van der Waals surface area contributed by atoms with Gasteiger partial charge in [-0.05, 0) is 30.7 Å². The van der Waals surface area contributed by atoms with Crippen molar-refractivity contribution in [1.29, 1.82) is 0 Å². The summed E-state index contributed by atoms with van der Waals surface area (Å²) in [6.07, 6.45) is 9.35. The first kappa shape index (κ1) is 13.9. The summed E-state index contributed by atoms with van der Waals surface area (Å²) in [6, 6.07) is 0. The van der Waals surface area contributed by atoms with Gasteiger partial charge in [-0.15, -0.1) is 0 Å². The van der Waals surface area contributed by atoms with E-state index in [1.165, 1.54) is 32.1 Å². The first-order valence-electron chi connectivity index (χ1n) is 6.12. The van der Waals surface area contributed by atoms with Gasteiger partial charge in [0.1, 0.15) is 0 Å². The Hall–Kier alpha value is -0.550. The Bertz CT molecular complexity index is 410. The van der Waals surface area contributed by atoms with E-state index in [9.17, 15) is 4.39 Å². The van der Waals surface area contributed by atoms with Crippen LogP contribution < -0.4 is 5.32 Å². The van der Waals surface area contributed by atoms with Crippen molar-refractivity contribution in [2.45, 2.75) is 36.9 Å². The van der Waals surface area contributed by atoms with Crippen LogP contribution in [0.1, 0.15) is 32.1 Å². The van der Waals surface area contributed by atoms with Crippen LogP contribution in [0.5, 0.6) is 0 Å². The summed E-state index contributed by atoms with van der Waals surface area (Å²) in [5.41, 5.74) is 0. The molecule has 18 heavy (non-hydrogen) atoms. The number of nitrogens with zero attached hydrogens (tertiary/aromatic N) is 2. The van der Waals surface area contributed by atoms with Crippen molar-refractivity contribution in [1.82, 2.24) is 9.97 Å². The lowest BCUT2D eigenvalue weighted by molar-refractivity contribution is 0.410. The third kappa shape index (κ3) is 3.26. The molecule has 0 saturated heterocycles. The highest BCUT2D eigenvalue weighted by Crippen LogP contribution is 2.38. The maximum Gasteiger partial charge on any atom is 0.224 e. The molecule has 0 amide bonds. The van der Waals surface area contributed by atoms with Gasteiger partial charge in [-0.1, -0.05) is 19.3 Å². The predicted octanol–water partition coefficient (Wildman–Crippen LogP) is 3.75. The molecule has 0 aromatic carbocycles. The second kappa shape index (κ2) is 6.06. The summed E-state index contributed by atoms with van der Waals surface area (Å²) >= 11 is 7.53. The van der Waals surface area contributed by atoms with Gasteiger partial charge in [0, 0.05) is 11.3 Å². The lowest BCUT2D eigenvalue weighted by Gasteiger charge is -2.36. The van der Waals surface area contributed by atoms with Crippen molar-refractivity contribution >= 4 is 29.2 Å². The first-order valence-corrected chi connectivity index (χ1v) is 7.72. The molecule has 1 aromatic rings. The highest BCUT2D eigenvalue weighted by molar-refractivity contribution is 8.00. The number of hydrogen-bond acceptors (Lipinski definition) is 4. The number of hydrogen-bond donors (Lipinski definition) is 1. The van der Waals surface area contributed by atoms with Crippen LogP contribution in [0.25, 0.3) is 0 Å². The molecule has 0 radical (unpaired) electrons. The topological polar surface area (TPSA) is 37.8 Å². The fourth-order valence-corrected chi connectivity index (χ4v) is 3.41. The van der Waals surface area contributed by atoms with E-state index in [-0.39, 0.29) is 15.8 Å². The molecule has 1 N–H and O–H groups in total. The van der Waals surface area contributed by atoms with Gasteiger partial charge in [-0.25, -0.2) is 9.37 Å². The van der Waals surface area contributed by atoms with E-state index in [0.29, 0.717) is 0 Å². The largest absolute Gasteiger partial charge is 0.366 e. The second-order valence-electron chi connectivity index (χ2n) is 4.64. The van der Waals surface area contributed by atoms with Crippen LogP contribution in [0, 0.1) is 5.82 Å². The molecule has 0 aliphatic heterocycles. The molecule has 1 aliphatic rings. The standard InChI is InChI=1S/C12H17ClFN3S/c1-18-12(5-3-2-4-6-12)8-16-10-9(14)7-15-11(13)17-10/h7H,2-6,8H2,1H3,(H,15,16,17). The van der Waals surface area contributed by atoms with Crippen LogP contribution in [0.15, 0.2) is 6.20 Å². The number of nitrogens with one attached hydrogen (secondary N) is 1. The molecule has 1 fully saturated rings. The minimum absolute atomic E-state index is 0.0701. The lowest BCUT2D eigenvalue weighted by Crippen LogP contribution is -2.36. The third-order valence-corrected chi connectivity index (χ3v) is 5.09. The van der Waals surface area contributed by atoms with Crippen LogP contribution >= 0.6 is 23.4 Å². The minimum atomic E-state index is -0.452. The zero-order chi connectivity index (χ0) is 13.0. The smallest absolute Gasteiger partial charge is 0.224 e. The van der Waals surface area contributed by atoms with Crippen molar-refractivity contribution in [3.05, 3.63) is 17.3 Å². The van der Waals surface area contributed by atoms with Gasteiger partial charge in [0.05, 0.1) is 6.20 Å². The fraction of sp³-hybridized carbons (Fsp3) is 0.667. The van der Waals surface area contributed by atoms with E-state index in [1.54, 1.807) is 0 Å². The summed E-state index contributed by atoms with van der Waals surface area (Å²) in [6.45, 7) is 0.721. The van der Waals surface area contributed by atoms with Crippen molar-refractivity contribution in [2.75, 3.05) is 18.1 Å². The molecule has 0 bridgehead atoms. The molecule has 1 aromatic heterocycles. The van der Waals surface area contributed by atoms with Gasteiger partial charge in [0.2, 0.25) is 5.28 Å². The maximum absolute atomic E-state index is 13.5. The Kier molecular flexibility index (Phi) is 4.67. The molecule has 6 heteroatoms. The molecule has 3 nitrogen and oxygen atoms in total. The first-order chi connectivity index (χ1) is 8.65. The lowest BCUT2D eigenvalue weighted by atomic mass is 9.88. The average molecular weight is 290 g/mol. The average Bonchev–Trinajstić information content (AvgIpc) is 2.41. The van der Waals surface area contributed by atoms with E-state index < -0.39 is 5.82 Å². The number of thioether (sulfide) groups is 1. The van der Waals surface area contributed by atoms with Crippen molar-refractivity contribution in [2.24, 2.45) is 0 Å². The Morgan fingerprint density at radius 3 is 2.83 bits per heavy atom. The van der Waals surface area contributed by atoms with E-state index >= 15 is 0 Å². The van der Waals surface area contributed by atoms with Crippen LogP contribution in [0.2, 0.25) is 5.28 Å². The molecule has 1 heterocycles. The van der Waals surface area contributed by atoms with Crippen LogP contribution in [0.3, 0.4) is 0 Å². The quantitative estimate of drug-likeness (QED) is 0.857. The Morgan fingerprint density at radius 2 is 2.17 bits per heavy atom. The van der Waals surface area contributed by atoms with Crippen LogP contribution in [-0.4, -0.2) is 27.5 Å². The van der Waals surface area contributed by atoms with Gasteiger partial charge in [-0.3, -0.25) is 0 Å².